The molecule has 3 aromatic rings. The van der Waals surface area contributed by atoms with Gasteiger partial charge in [-0.15, -0.1) is 0 Å². The highest BCUT2D eigenvalue weighted by atomic mass is 16.5. The summed E-state index contributed by atoms with van der Waals surface area (Å²) in [6.45, 7) is 6.48. The second-order valence-electron chi connectivity index (χ2n) is 8.59. The van der Waals surface area contributed by atoms with Crippen LogP contribution < -0.4 is 15.6 Å². The highest BCUT2D eigenvalue weighted by Crippen LogP contribution is 2.28. The maximum atomic E-state index is 12.9. The van der Waals surface area contributed by atoms with Crippen LogP contribution in [0.4, 0.5) is 0 Å². The van der Waals surface area contributed by atoms with Crippen LogP contribution in [-0.4, -0.2) is 58.5 Å². The second-order valence-corrected chi connectivity index (χ2v) is 8.59. The van der Waals surface area contributed by atoms with E-state index in [4.69, 9.17) is 9.26 Å². The number of rotatable bonds is 8. The first kappa shape index (κ1) is 23.0. The molecule has 1 N–H and O–H groups in total. The Morgan fingerprint density at radius 1 is 1.27 bits per heavy atom. The van der Waals surface area contributed by atoms with E-state index in [2.05, 4.69) is 27.4 Å². The molecule has 3 heterocycles. The van der Waals surface area contributed by atoms with Gasteiger partial charge in [-0.25, -0.2) is 4.68 Å². The van der Waals surface area contributed by atoms with Crippen LogP contribution in [0.3, 0.4) is 0 Å². The molecule has 0 bridgehead atoms. The molecule has 0 unspecified atom stereocenters. The lowest BCUT2D eigenvalue weighted by Crippen LogP contribution is -2.40. The normalized spacial score (nSPS) is 16.8. The van der Waals surface area contributed by atoms with E-state index in [9.17, 15) is 9.59 Å². The third kappa shape index (κ3) is 5.08. The van der Waals surface area contributed by atoms with Crippen LogP contribution >= 0.6 is 0 Å². The Kier molecular flexibility index (Phi) is 7.08. The number of benzene rings is 1. The van der Waals surface area contributed by atoms with Gasteiger partial charge in [0.15, 0.2) is 5.52 Å². The summed E-state index contributed by atoms with van der Waals surface area (Å²) >= 11 is 0. The number of hydrogen-bond donors (Lipinski definition) is 1. The zero-order valence-corrected chi connectivity index (χ0v) is 19.5. The summed E-state index contributed by atoms with van der Waals surface area (Å²) in [5.74, 6) is 0.962. The Balaban J connectivity index is 1.47. The molecule has 33 heavy (non-hydrogen) atoms. The van der Waals surface area contributed by atoms with Crippen molar-refractivity contribution < 1.29 is 14.1 Å². The predicted molar refractivity (Wildman–Crippen MR) is 125 cm³/mol. The molecule has 0 saturated carbocycles. The van der Waals surface area contributed by atoms with Gasteiger partial charge in [-0.2, -0.15) is 5.10 Å². The molecule has 4 rings (SSSR count). The third-order valence-corrected chi connectivity index (χ3v) is 6.30. The number of amides is 1. The average Bonchev–Trinajstić information content (AvgIpc) is 3.21. The Hall–Kier alpha value is -3.20. The number of aryl methyl sites for hydroxylation is 1. The van der Waals surface area contributed by atoms with Gasteiger partial charge in [0.2, 0.25) is 5.91 Å². The van der Waals surface area contributed by atoms with E-state index in [0.29, 0.717) is 35.2 Å². The highest BCUT2D eigenvalue weighted by molar-refractivity contribution is 5.93. The van der Waals surface area contributed by atoms with Crippen LogP contribution in [-0.2, 0) is 11.3 Å². The summed E-state index contributed by atoms with van der Waals surface area (Å²) in [5.41, 5.74) is 1.03. The Morgan fingerprint density at radius 2 is 2.06 bits per heavy atom. The number of aromatic nitrogens is 3. The highest BCUT2D eigenvalue weighted by Gasteiger charge is 2.20. The van der Waals surface area contributed by atoms with E-state index in [1.807, 2.05) is 24.3 Å². The number of carbonyl (C=O) groups excluding carboxylic acids is 1. The van der Waals surface area contributed by atoms with Gasteiger partial charge in [-0.3, -0.25) is 9.59 Å². The minimum absolute atomic E-state index is 0.167. The standard InChI is InChI=1S/C24H31N5O4/c1-16-7-4-5-13-28(16)14-6-12-25-20(30)15-29-24(31)23-21(17(2)33-27-23)22(26-29)18-8-10-19(32-3)11-9-18/h8-11,16H,4-7,12-15H2,1-3H3,(H,25,30)/t16-/m0/s1. The quantitative estimate of drug-likeness (QED) is 0.523. The molecule has 2 aromatic heterocycles. The lowest BCUT2D eigenvalue weighted by Gasteiger charge is -2.33. The minimum atomic E-state index is -0.448. The molecule has 1 saturated heterocycles. The zero-order valence-electron chi connectivity index (χ0n) is 19.5. The van der Waals surface area contributed by atoms with E-state index in [1.165, 1.54) is 19.3 Å². The number of hydrogen-bond acceptors (Lipinski definition) is 7. The number of nitrogens with one attached hydrogen (secondary N) is 1. The second kappa shape index (κ2) is 10.2. The van der Waals surface area contributed by atoms with E-state index in [1.54, 1.807) is 14.0 Å². The lowest BCUT2D eigenvalue weighted by atomic mass is 10.0. The molecule has 1 fully saturated rings. The van der Waals surface area contributed by atoms with Gasteiger partial charge in [0.1, 0.15) is 23.7 Å². The van der Waals surface area contributed by atoms with E-state index in [0.717, 1.165) is 29.8 Å². The first-order chi connectivity index (χ1) is 16.0. The molecular weight excluding hydrogens is 422 g/mol. The first-order valence-corrected chi connectivity index (χ1v) is 11.5. The van der Waals surface area contributed by atoms with Crippen molar-refractivity contribution in [3.63, 3.8) is 0 Å². The predicted octanol–water partition coefficient (Wildman–Crippen LogP) is 2.75. The number of methoxy groups -OCH3 is 1. The largest absolute Gasteiger partial charge is 0.497 e. The molecule has 1 aliphatic heterocycles. The van der Waals surface area contributed by atoms with Gasteiger partial charge < -0.3 is 19.5 Å². The molecule has 0 spiro atoms. The molecule has 0 aliphatic carbocycles. The van der Waals surface area contributed by atoms with Crippen molar-refractivity contribution in [1.29, 1.82) is 0 Å². The topological polar surface area (TPSA) is 102 Å². The van der Waals surface area contributed by atoms with Crippen molar-refractivity contribution >= 4 is 16.8 Å². The van der Waals surface area contributed by atoms with Crippen molar-refractivity contribution in [2.45, 2.75) is 52.1 Å². The minimum Gasteiger partial charge on any atom is -0.497 e. The van der Waals surface area contributed by atoms with Crippen molar-refractivity contribution in [3.05, 3.63) is 40.4 Å². The van der Waals surface area contributed by atoms with Crippen LogP contribution in [0.25, 0.3) is 22.2 Å². The monoisotopic (exact) mass is 453 g/mol. The summed E-state index contributed by atoms with van der Waals surface area (Å²) in [6.07, 6.45) is 4.65. The van der Waals surface area contributed by atoms with Gasteiger partial charge in [0, 0.05) is 24.7 Å². The maximum Gasteiger partial charge on any atom is 0.297 e. The van der Waals surface area contributed by atoms with Gasteiger partial charge in [-0.1, -0.05) is 11.6 Å². The Morgan fingerprint density at radius 3 is 2.79 bits per heavy atom. The molecule has 1 atom stereocenters. The molecule has 9 heteroatoms. The van der Waals surface area contributed by atoms with Crippen LogP contribution in [0.1, 0.15) is 38.4 Å². The van der Waals surface area contributed by atoms with Crippen molar-refractivity contribution in [1.82, 2.24) is 25.2 Å². The summed E-state index contributed by atoms with van der Waals surface area (Å²) in [5, 5.41) is 11.9. The fourth-order valence-corrected chi connectivity index (χ4v) is 4.39. The van der Waals surface area contributed by atoms with E-state index >= 15 is 0 Å². The molecule has 1 aliphatic rings. The van der Waals surface area contributed by atoms with E-state index < -0.39 is 5.56 Å². The molecule has 176 valence electrons. The zero-order chi connectivity index (χ0) is 23.4. The third-order valence-electron chi connectivity index (χ3n) is 6.30. The van der Waals surface area contributed by atoms with Crippen LogP contribution in [0.2, 0.25) is 0 Å². The van der Waals surface area contributed by atoms with Gasteiger partial charge >= 0.3 is 0 Å². The SMILES string of the molecule is COc1ccc(-c2nn(CC(=O)NCCCN3CCCC[C@@H]3C)c(=O)c3noc(C)c23)cc1. The fraction of sp³-hybridized carbons (Fsp3) is 0.500. The van der Waals surface area contributed by atoms with Crippen molar-refractivity contribution in [3.8, 4) is 17.0 Å². The summed E-state index contributed by atoms with van der Waals surface area (Å²) < 4.78 is 11.7. The number of likely N-dealkylation sites (tertiary alicyclic amines) is 1. The molecular formula is C24H31N5O4. The van der Waals surface area contributed by atoms with E-state index in [-0.39, 0.29) is 18.0 Å². The van der Waals surface area contributed by atoms with Gasteiger partial charge in [0.25, 0.3) is 5.56 Å². The maximum absolute atomic E-state index is 12.9. The summed E-state index contributed by atoms with van der Waals surface area (Å²) in [4.78, 5) is 27.9. The fourth-order valence-electron chi connectivity index (χ4n) is 4.39. The van der Waals surface area contributed by atoms with Crippen LogP contribution in [0, 0.1) is 6.92 Å². The van der Waals surface area contributed by atoms with Crippen molar-refractivity contribution in [2.24, 2.45) is 0 Å². The number of fused-ring (bicyclic) bond motifs is 1. The number of carbonyl (C=O) groups is 1. The summed E-state index contributed by atoms with van der Waals surface area (Å²) in [6, 6.07) is 7.94. The lowest BCUT2D eigenvalue weighted by molar-refractivity contribution is -0.121. The molecule has 1 amide bonds. The van der Waals surface area contributed by atoms with Crippen LogP contribution in [0.15, 0.2) is 33.6 Å². The number of piperidine rings is 1. The Bertz CT molecular complexity index is 1170. The number of ether oxygens (including phenoxy) is 1. The average molecular weight is 454 g/mol. The molecule has 9 nitrogen and oxygen atoms in total. The number of nitrogens with zero attached hydrogens (tertiary/aromatic N) is 4. The van der Waals surface area contributed by atoms with Crippen molar-refractivity contribution in [2.75, 3.05) is 26.7 Å². The smallest absolute Gasteiger partial charge is 0.297 e. The first-order valence-electron chi connectivity index (χ1n) is 11.5. The summed E-state index contributed by atoms with van der Waals surface area (Å²) in [7, 11) is 1.60. The molecule has 1 aromatic carbocycles. The van der Waals surface area contributed by atoms with Gasteiger partial charge in [-0.05, 0) is 63.9 Å². The van der Waals surface area contributed by atoms with Gasteiger partial charge in [0.05, 0.1) is 12.5 Å². The van der Waals surface area contributed by atoms with Crippen LogP contribution in [0.5, 0.6) is 5.75 Å². The molecule has 0 radical (unpaired) electrons. The Labute approximate surface area is 192 Å².